The summed E-state index contributed by atoms with van der Waals surface area (Å²) in [4.78, 5) is 49.7. The molecule has 0 saturated carbocycles. The van der Waals surface area contributed by atoms with E-state index in [2.05, 4.69) is 0 Å². The molecule has 0 fully saturated rings. The van der Waals surface area contributed by atoms with E-state index in [0.717, 1.165) is 0 Å². The Kier molecular flexibility index (Phi) is 7.72. The van der Waals surface area contributed by atoms with Crippen LogP contribution in [0.4, 0.5) is 0 Å². The van der Waals surface area contributed by atoms with E-state index < -0.39 is 11.6 Å². The molecule has 4 aromatic rings. The van der Waals surface area contributed by atoms with Crippen LogP contribution in [0.1, 0.15) is 58.1 Å². The number of halogens is 4. The molecule has 178 valence electrons. The average Bonchev–Trinajstić information content (AvgIpc) is 2.87. The third kappa shape index (κ3) is 5.13. The topological polar surface area (TPSA) is 68.3 Å². The first-order chi connectivity index (χ1) is 17.2. The van der Waals surface area contributed by atoms with Gasteiger partial charge < -0.3 is 0 Å². The van der Waals surface area contributed by atoms with Crippen molar-refractivity contribution in [2.24, 2.45) is 0 Å². The third-order valence-corrected chi connectivity index (χ3v) is 6.74. The summed E-state index contributed by atoms with van der Waals surface area (Å²) in [6.45, 7) is 0. The maximum atomic E-state index is 13.1. The maximum Gasteiger partial charge on any atom is 0.194 e. The number of aldehydes is 1. The number of carbonyl (C=O) groups is 4. The minimum Gasteiger partial charge on any atom is -0.298 e. The van der Waals surface area contributed by atoms with Gasteiger partial charge in [-0.2, -0.15) is 0 Å². The Morgan fingerprint density at radius 2 is 0.917 bits per heavy atom. The van der Waals surface area contributed by atoms with Crippen LogP contribution in [0.25, 0.3) is 0 Å². The molecule has 36 heavy (non-hydrogen) atoms. The first kappa shape index (κ1) is 25.8. The first-order valence-electron chi connectivity index (χ1n) is 10.4. The number of ketones is 3. The van der Waals surface area contributed by atoms with Crippen LogP contribution in [0.3, 0.4) is 0 Å². The Morgan fingerprint density at radius 1 is 0.500 bits per heavy atom. The summed E-state index contributed by atoms with van der Waals surface area (Å²) in [6, 6.07) is 19.6. The predicted molar refractivity (Wildman–Crippen MR) is 141 cm³/mol. The lowest BCUT2D eigenvalue weighted by Crippen LogP contribution is -2.08. The molecule has 4 rings (SSSR count). The van der Waals surface area contributed by atoms with Gasteiger partial charge in [-0.15, -0.1) is 0 Å². The predicted octanol–water partition coefficient (Wildman–Crippen LogP) is 7.81. The van der Waals surface area contributed by atoms with E-state index in [4.69, 9.17) is 46.4 Å². The standard InChI is InChI=1S/C28H14Cl4O4/c29-22-4-2-1-3-19(22)26(34)16-7-9-21(24(31)12-16)28(36)17-8-10-20(25(32)13-17)27(35)15-5-6-18(14-33)23(30)11-15/h1-14H. The van der Waals surface area contributed by atoms with Crippen LogP contribution in [-0.2, 0) is 0 Å². The third-order valence-electron chi connectivity index (χ3n) is 5.46. The SMILES string of the molecule is O=Cc1ccc(C(=O)c2ccc(C(=O)c3ccc(C(=O)c4ccccc4Cl)cc3Cl)cc2Cl)cc1Cl. The van der Waals surface area contributed by atoms with Crippen molar-refractivity contribution in [3.8, 4) is 0 Å². The number of hydrogen-bond donors (Lipinski definition) is 0. The fourth-order valence-corrected chi connectivity index (χ4v) is 4.54. The normalized spacial score (nSPS) is 10.7. The zero-order chi connectivity index (χ0) is 26.0. The number of rotatable bonds is 7. The Labute approximate surface area is 226 Å². The van der Waals surface area contributed by atoms with Crippen LogP contribution in [-0.4, -0.2) is 23.6 Å². The van der Waals surface area contributed by atoms with E-state index in [1.165, 1.54) is 54.6 Å². The monoisotopic (exact) mass is 554 g/mol. The molecule has 0 bridgehead atoms. The van der Waals surface area contributed by atoms with E-state index in [9.17, 15) is 19.2 Å². The van der Waals surface area contributed by atoms with E-state index in [0.29, 0.717) is 16.9 Å². The van der Waals surface area contributed by atoms with Gasteiger partial charge in [-0.05, 0) is 48.5 Å². The summed E-state index contributed by atoms with van der Waals surface area (Å²) in [5.74, 6) is -1.18. The lowest BCUT2D eigenvalue weighted by atomic mass is 9.96. The van der Waals surface area contributed by atoms with Crippen molar-refractivity contribution in [1.82, 2.24) is 0 Å². The molecule has 0 aliphatic rings. The fraction of sp³-hybridized carbons (Fsp3) is 0. The minimum absolute atomic E-state index is 0.0584. The highest BCUT2D eigenvalue weighted by Crippen LogP contribution is 2.28. The highest BCUT2D eigenvalue weighted by molar-refractivity contribution is 6.38. The molecule has 0 saturated heterocycles. The quantitative estimate of drug-likeness (QED) is 0.172. The first-order valence-corrected chi connectivity index (χ1v) is 11.9. The zero-order valence-corrected chi connectivity index (χ0v) is 21.3. The molecule has 0 N–H and O–H groups in total. The number of carbonyl (C=O) groups excluding carboxylic acids is 4. The summed E-state index contributed by atoms with van der Waals surface area (Å²) in [6.07, 6.45) is 0.592. The van der Waals surface area contributed by atoms with Crippen LogP contribution in [0.2, 0.25) is 20.1 Å². The van der Waals surface area contributed by atoms with Gasteiger partial charge in [0.25, 0.3) is 0 Å². The molecular weight excluding hydrogens is 542 g/mol. The number of hydrogen-bond acceptors (Lipinski definition) is 4. The lowest BCUT2D eigenvalue weighted by molar-refractivity contribution is 0.102. The average molecular weight is 556 g/mol. The van der Waals surface area contributed by atoms with E-state index in [1.54, 1.807) is 24.3 Å². The summed E-state index contributed by atoms with van der Waals surface area (Å²) in [7, 11) is 0. The van der Waals surface area contributed by atoms with E-state index >= 15 is 0 Å². The van der Waals surface area contributed by atoms with E-state index in [-0.39, 0.29) is 54.2 Å². The van der Waals surface area contributed by atoms with Gasteiger partial charge in [0, 0.05) is 38.9 Å². The van der Waals surface area contributed by atoms with Crippen molar-refractivity contribution >= 4 is 70.0 Å². The summed E-state index contributed by atoms with van der Waals surface area (Å²) >= 11 is 24.8. The van der Waals surface area contributed by atoms with Crippen molar-refractivity contribution in [2.45, 2.75) is 0 Å². The highest BCUT2D eigenvalue weighted by Gasteiger charge is 2.20. The van der Waals surface area contributed by atoms with Crippen LogP contribution in [0.5, 0.6) is 0 Å². The Bertz CT molecular complexity index is 1560. The van der Waals surface area contributed by atoms with E-state index in [1.807, 2.05) is 0 Å². The van der Waals surface area contributed by atoms with Crippen LogP contribution in [0.15, 0.2) is 78.9 Å². The second-order valence-electron chi connectivity index (χ2n) is 7.71. The largest absolute Gasteiger partial charge is 0.298 e. The molecule has 0 spiro atoms. The lowest BCUT2D eigenvalue weighted by Gasteiger charge is -2.10. The molecule has 0 unspecified atom stereocenters. The number of benzene rings is 4. The van der Waals surface area contributed by atoms with Gasteiger partial charge in [-0.25, -0.2) is 0 Å². The molecule has 0 heterocycles. The Hall–Kier alpha value is -3.28. The van der Waals surface area contributed by atoms with Gasteiger partial charge >= 0.3 is 0 Å². The summed E-state index contributed by atoms with van der Waals surface area (Å²) < 4.78 is 0. The van der Waals surface area contributed by atoms with Crippen LogP contribution >= 0.6 is 46.4 Å². The smallest absolute Gasteiger partial charge is 0.194 e. The Morgan fingerprint density at radius 3 is 1.33 bits per heavy atom. The maximum absolute atomic E-state index is 13.1. The fourth-order valence-electron chi connectivity index (χ4n) is 3.56. The Balaban J connectivity index is 1.60. The second kappa shape index (κ2) is 10.8. The van der Waals surface area contributed by atoms with Crippen molar-refractivity contribution in [3.05, 3.63) is 138 Å². The second-order valence-corrected chi connectivity index (χ2v) is 9.34. The van der Waals surface area contributed by atoms with Gasteiger partial charge in [-0.3, -0.25) is 19.2 Å². The van der Waals surface area contributed by atoms with Crippen LogP contribution < -0.4 is 0 Å². The van der Waals surface area contributed by atoms with Gasteiger partial charge in [0.1, 0.15) is 0 Å². The molecule has 0 radical (unpaired) electrons. The molecule has 0 aliphatic heterocycles. The molecule has 4 nitrogen and oxygen atoms in total. The molecular formula is C28H14Cl4O4. The van der Waals surface area contributed by atoms with Gasteiger partial charge in [0.05, 0.1) is 20.1 Å². The molecule has 0 atom stereocenters. The van der Waals surface area contributed by atoms with Gasteiger partial charge in [0.15, 0.2) is 23.6 Å². The van der Waals surface area contributed by atoms with Crippen molar-refractivity contribution in [3.63, 3.8) is 0 Å². The van der Waals surface area contributed by atoms with Crippen molar-refractivity contribution in [2.75, 3.05) is 0 Å². The van der Waals surface area contributed by atoms with Crippen molar-refractivity contribution < 1.29 is 19.2 Å². The van der Waals surface area contributed by atoms with Crippen molar-refractivity contribution in [1.29, 1.82) is 0 Å². The molecule has 0 aliphatic carbocycles. The molecule has 0 aromatic heterocycles. The molecule has 0 amide bonds. The highest BCUT2D eigenvalue weighted by atomic mass is 35.5. The van der Waals surface area contributed by atoms with Gasteiger partial charge in [-0.1, -0.05) is 76.7 Å². The summed E-state index contributed by atoms with van der Waals surface area (Å²) in [5.41, 5.74) is 1.64. The zero-order valence-electron chi connectivity index (χ0n) is 18.2. The van der Waals surface area contributed by atoms with Gasteiger partial charge in [0.2, 0.25) is 0 Å². The minimum atomic E-state index is -0.434. The summed E-state index contributed by atoms with van der Waals surface area (Å²) in [5, 5.41) is 0.594. The molecule has 8 heteroatoms. The van der Waals surface area contributed by atoms with Crippen LogP contribution in [0, 0.1) is 0 Å². The molecule has 4 aromatic carbocycles.